The van der Waals surface area contributed by atoms with Gasteiger partial charge in [-0.1, -0.05) is 0 Å². The zero-order valence-electron chi connectivity index (χ0n) is 7.74. The quantitative estimate of drug-likeness (QED) is 0.822. The topological polar surface area (TPSA) is 43.8 Å². The molecule has 4 heteroatoms. The summed E-state index contributed by atoms with van der Waals surface area (Å²) in [5.41, 5.74) is 7.71. The third-order valence-corrected chi connectivity index (χ3v) is 2.75. The molecule has 0 saturated heterocycles. The SMILES string of the molecule is Cc1cn(-c2ccc(I)cc2)nc1N. The van der Waals surface area contributed by atoms with Crippen molar-refractivity contribution >= 4 is 28.4 Å². The number of benzene rings is 1. The second kappa shape index (κ2) is 3.61. The van der Waals surface area contributed by atoms with Gasteiger partial charge >= 0.3 is 0 Å². The third kappa shape index (κ3) is 1.75. The normalized spacial score (nSPS) is 10.4. The van der Waals surface area contributed by atoms with Crippen LogP contribution in [-0.4, -0.2) is 9.78 Å². The van der Waals surface area contributed by atoms with Crippen LogP contribution in [-0.2, 0) is 0 Å². The highest BCUT2D eigenvalue weighted by Gasteiger charge is 2.01. The Labute approximate surface area is 96.1 Å². The molecule has 0 spiro atoms. The molecular formula is C10H10IN3. The minimum atomic E-state index is 0.587. The summed E-state index contributed by atoms with van der Waals surface area (Å²) in [5.74, 6) is 0.587. The van der Waals surface area contributed by atoms with Gasteiger partial charge in [-0.25, -0.2) is 4.68 Å². The molecule has 1 heterocycles. The molecule has 0 aliphatic heterocycles. The van der Waals surface area contributed by atoms with Crippen molar-refractivity contribution in [1.82, 2.24) is 9.78 Å². The van der Waals surface area contributed by atoms with E-state index in [0.717, 1.165) is 11.3 Å². The Kier molecular flexibility index (Phi) is 2.45. The van der Waals surface area contributed by atoms with Crippen LogP contribution in [0.2, 0.25) is 0 Å². The zero-order chi connectivity index (χ0) is 10.1. The molecule has 0 fully saturated rings. The Bertz CT molecular complexity index is 425. The number of nitrogens with two attached hydrogens (primary N) is 1. The van der Waals surface area contributed by atoms with E-state index in [4.69, 9.17) is 5.73 Å². The van der Waals surface area contributed by atoms with Gasteiger partial charge in [-0.05, 0) is 53.8 Å². The van der Waals surface area contributed by atoms with Crippen LogP contribution >= 0.6 is 22.6 Å². The van der Waals surface area contributed by atoms with E-state index in [1.165, 1.54) is 3.57 Å². The number of hydrogen-bond donors (Lipinski definition) is 1. The molecule has 0 unspecified atom stereocenters. The summed E-state index contributed by atoms with van der Waals surface area (Å²) in [7, 11) is 0. The summed E-state index contributed by atoms with van der Waals surface area (Å²) in [6, 6.07) is 8.13. The number of anilines is 1. The van der Waals surface area contributed by atoms with Crippen LogP contribution in [0.5, 0.6) is 0 Å². The lowest BCUT2D eigenvalue weighted by atomic mass is 10.3. The van der Waals surface area contributed by atoms with E-state index in [1.54, 1.807) is 4.68 Å². The molecule has 2 rings (SSSR count). The lowest BCUT2D eigenvalue weighted by molar-refractivity contribution is 0.885. The van der Waals surface area contributed by atoms with E-state index in [2.05, 4.69) is 27.7 Å². The number of aromatic nitrogens is 2. The predicted molar refractivity (Wildman–Crippen MR) is 65.4 cm³/mol. The van der Waals surface area contributed by atoms with Gasteiger partial charge in [0.1, 0.15) is 5.82 Å². The number of nitrogens with zero attached hydrogens (tertiary/aromatic N) is 2. The number of nitrogen functional groups attached to an aromatic ring is 1. The van der Waals surface area contributed by atoms with Crippen molar-refractivity contribution in [1.29, 1.82) is 0 Å². The van der Waals surface area contributed by atoms with E-state index in [-0.39, 0.29) is 0 Å². The fourth-order valence-electron chi connectivity index (χ4n) is 1.20. The van der Waals surface area contributed by atoms with Gasteiger partial charge in [0.05, 0.1) is 5.69 Å². The first-order valence-corrected chi connectivity index (χ1v) is 5.32. The van der Waals surface area contributed by atoms with Gasteiger partial charge in [-0.15, -0.1) is 0 Å². The summed E-state index contributed by atoms with van der Waals surface area (Å²) >= 11 is 2.27. The van der Waals surface area contributed by atoms with Gasteiger partial charge in [-0.2, -0.15) is 5.10 Å². The first kappa shape index (κ1) is 9.51. The largest absolute Gasteiger partial charge is 0.382 e. The summed E-state index contributed by atoms with van der Waals surface area (Å²) in [4.78, 5) is 0. The highest BCUT2D eigenvalue weighted by Crippen LogP contribution is 2.14. The van der Waals surface area contributed by atoms with E-state index in [1.807, 2.05) is 37.4 Å². The molecule has 0 radical (unpaired) electrons. The Hall–Kier alpha value is -1.04. The number of aryl methyl sites for hydroxylation is 1. The molecule has 14 heavy (non-hydrogen) atoms. The van der Waals surface area contributed by atoms with Crippen LogP contribution in [0.15, 0.2) is 30.5 Å². The summed E-state index contributed by atoms with van der Waals surface area (Å²) < 4.78 is 3.00. The van der Waals surface area contributed by atoms with E-state index >= 15 is 0 Å². The first-order valence-electron chi connectivity index (χ1n) is 4.24. The molecule has 0 amide bonds. The van der Waals surface area contributed by atoms with Crippen molar-refractivity contribution in [3.05, 3.63) is 39.6 Å². The predicted octanol–water partition coefficient (Wildman–Crippen LogP) is 2.37. The molecule has 2 aromatic rings. The molecule has 2 N–H and O–H groups in total. The molecule has 0 aliphatic carbocycles. The molecule has 1 aromatic heterocycles. The molecule has 72 valence electrons. The van der Waals surface area contributed by atoms with Gasteiger partial charge in [-0.3, -0.25) is 0 Å². The van der Waals surface area contributed by atoms with Crippen molar-refractivity contribution < 1.29 is 0 Å². The monoisotopic (exact) mass is 299 g/mol. The third-order valence-electron chi connectivity index (χ3n) is 2.03. The van der Waals surface area contributed by atoms with E-state index in [9.17, 15) is 0 Å². The molecule has 0 atom stereocenters. The maximum Gasteiger partial charge on any atom is 0.148 e. The van der Waals surface area contributed by atoms with Crippen LogP contribution in [0.4, 0.5) is 5.82 Å². The van der Waals surface area contributed by atoms with Crippen LogP contribution < -0.4 is 5.73 Å². The van der Waals surface area contributed by atoms with E-state index < -0.39 is 0 Å². The Morgan fingerprint density at radius 3 is 2.43 bits per heavy atom. The number of hydrogen-bond acceptors (Lipinski definition) is 2. The van der Waals surface area contributed by atoms with E-state index in [0.29, 0.717) is 5.82 Å². The highest BCUT2D eigenvalue weighted by molar-refractivity contribution is 14.1. The van der Waals surface area contributed by atoms with Gasteiger partial charge in [0.2, 0.25) is 0 Å². The Morgan fingerprint density at radius 2 is 1.93 bits per heavy atom. The number of halogens is 1. The minimum absolute atomic E-state index is 0.587. The zero-order valence-corrected chi connectivity index (χ0v) is 9.89. The van der Waals surface area contributed by atoms with Crippen LogP contribution in [0.25, 0.3) is 5.69 Å². The van der Waals surface area contributed by atoms with Gasteiger partial charge in [0, 0.05) is 15.3 Å². The van der Waals surface area contributed by atoms with Crippen LogP contribution in [0, 0.1) is 10.5 Å². The lowest BCUT2D eigenvalue weighted by Gasteiger charge is -1.99. The van der Waals surface area contributed by atoms with Crippen LogP contribution in [0.1, 0.15) is 5.56 Å². The first-order chi connectivity index (χ1) is 6.66. The highest BCUT2D eigenvalue weighted by atomic mass is 127. The fraction of sp³-hybridized carbons (Fsp3) is 0.100. The molecular weight excluding hydrogens is 289 g/mol. The minimum Gasteiger partial charge on any atom is -0.382 e. The molecule has 0 aliphatic rings. The second-order valence-corrected chi connectivity index (χ2v) is 4.36. The average molecular weight is 299 g/mol. The maximum atomic E-state index is 5.67. The molecule has 1 aromatic carbocycles. The summed E-state index contributed by atoms with van der Waals surface area (Å²) in [6.07, 6.45) is 1.93. The Balaban J connectivity index is 2.44. The molecule has 0 bridgehead atoms. The summed E-state index contributed by atoms with van der Waals surface area (Å²) in [5, 5.41) is 4.20. The lowest BCUT2D eigenvalue weighted by Crippen LogP contribution is -1.95. The van der Waals surface area contributed by atoms with Gasteiger partial charge in [0.25, 0.3) is 0 Å². The van der Waals surface area contributed by atoms with Crippen LogP contribution in [0.3, 0.4) is 0 Å². The smallest absolute Gasteiger partial charge is 0.148 e. The number of rotatable bonds is 1. The second-order valence-electron chi connectivity index (χ2n) is 3.12. The van der Waals surface area contributed by atoms with Crippen molar-refractivity contribution in [2.24, 2.45) is 0 Å². The maximum absolute atomic E-state index is 5.67. The Morgan fingerprint density at radius 1 is 1.29 bits per heavy atom. The van der Waals surface area contributed by atoms with Crippen molar-refractivity contribution in [2.45, 2.75) is 6.92 Å². The average Bonchev–Trinajstić information content (AvgIpc) is 2.48. The van der Waals surface area contributed by atoms with Gasteiger partial charge in [0.15, 0.2) is 0 Å². The van der Waals surface area contributed by atoms with Crippen molar-refractivity contribution in [3.8, 4) is 5.69 Å². The standard InChI is InChI=1S/C10H10IN3/c1-7-6-14(13-10(7)12)9-4-2-8(11)3-5-9/h2-6H,1H3,(H2,12,13). The van der Waals surface area contributed by atoms with Crippen molar-refractivity contribution in [2.75, 3.05) is 5.73 Å². The summed E-state index contributed by atoms with van der Waals surface area (Å²) in [6.45, 7) is 1.95. The molecule has 0 saturated carbocycles. The molecule has 3 nitrogen and oxygen atoms in total. The fourth-order valence-corrected chi connectivity index (χ4v) is 1.56. The van der Waals surface area contributed by atoms with Gasteiger partial charge < -0.3 is 5.73 Å². The van der Waals surface area contributed by atoms with Crippen molar-refractivity contribution in [3.63, 3.8) is 0 Å².